The van der Waals surface area contributed by atoms with E-state index in [1.165, 1.54) is 12.8 Å². The van der Waals surface area contributed by atoms with Crippen molar-refractivity contribution < 1.29 is 14.3 Å². The van der Waals surface area contributed by atoms with Crippen molar-refractivity contribution in [2.45, 2.75) is 38.4 Å². The molecule has 0 bridgehead atoms. The summed E-state index contributed by atoms with van der Waals surface area (Å²) in [5.41, 5.74) is 1.65. The van der Waals surface area contributed by atoms with Gasteiger partial charge in [0.1, 0.15) is 5.69 Å². The second-order valence-corrected chi connectivity index (χ2v) is 7.47. The summed E-state index contributed by atoms with van der Waals surface area (Å²) in [4.78, 5) is 21.4. The summed E-state index contributed by atoms with van der Waals surface area (Å²) in [7, 11) is 0. The number of aromatic nitrogens is 1. The Labute approximate surface area is 149 Å². The van der Waals surface area contributed by atoms with Crippen LogP contribution in [0.1, 0.15) is 43.1 Å². The Morgan fingerprint density at radius 1 is 1.12 bits per heavy atom. The van der Waals surface area contributed by atoms with E-state index in [4.69, 9.17) is 9.47 Å². The van der Waals surface area contributed by atoms with Gasteiger partial charge < -0.3 is 19.3 Å². The number of nitrogens with zero attached hydrogens (tertiary/aromatic N) is 3. The molecule has 136 valence electrons. The quantitative estimate of drug-likeness (QED) is 0.823. The minimum absolute atomic E-state index is 0.00617. The highest BCUT2D eigenvalue weighted by Crippen LogP contribution is 2.31. The number of pyridine rings is 1. The lowest BCUT2D eigenvalue weighted by Gasteiger charge is -2.37. The summed E-state index contributed by atoms with van der Waals surface area (Å²) >= 11 is 0. The van der Waals surface area contributed by atoms with Crippen molar-refractivity contribution in [3.8, 4) is 0 Å². The molecular formula is C19H27N3O3. The van der Waals surface area contributed by atoms with Crippen molar-refractivity contribution in [3.63, 3.8) is 0 Å². The second kappa shape index (κ2) is 6.92. The molecule has 25 heavy (non-hydrogen) atoms. The highest BCUT2D eigenvalue weighted by molar-refractivity contribution is 5.92. The monoisotopic (exact) mass is 345 g/mol. The molecule has 0 saturated carbocycles. The molecule has 0 radical (unpaired) electrons. The number of amides is 1. The fourth-order valence-corrected chi connectivity index (χ4v) is 3.96. The molecule has 0 aromatic carbocycles. The van der Waals surface area contributed by atoms with Crippen LogP contribution in [0.5, 0.6) is 0 Å². The zero-order chi connectivity index (χ0) is 17.3. The maximum Gasteiger partial charge on any atom is 0.272 e. The number of ether oxygens (including phenoxy) is 2. The minimum atomic E-state index is -0.445. The maximum atomic E-state index is 12.7. The van der Waals surface area contributed by atoms with Crippen LogP contribution in [0.25, 0.3) is 0 Å². The summed E-state index contributed by atoms with van der Waals surface area (Å²) < 4.78 is 11.4. The van der Waals surface area contributed by atoms with Crippen LogP contribution in [0, 0.1) is 5.92 Å². The second-order valence-electron chi connectivity index (χ2n) is 7.47. The van der Waals surface area contributed by atoms with E-state index in [9.17, 15) is 4.79 Å². The Morgan fingerprint density at radius 3 is 2.40 bits per heavy atom. The first-order valence-corrected chi connectivity index (χ1v) is 9.43. The molecule has 6 heteroatoms. The summed E-state index contributed by atoms with van der Waals surface area (Å²) in [6.07, 6.45) is 5.77. The van der Waals surface area contributed by atoms with E-state index in [2.05, 4.69) is 16.8 Å². The average Bonchev–Trinajstić information content (AvgIpc) is 3.11. The fraction of sp³-hybridized carbons (Fsp3) is 0.684. The predicted molar refractivity (Wildman–Crippen MR) is 94.6 cm³/mol. The lowest BCUT2D eigenvalue weighted by molar-refractivity contribution is -0.181. The summed E-state index contributed by atoms with van der Waals surface area (Å²) in [5, 5.41) is 0. The molecule has 0 atom stereocenters. The third kappa shape index (κ3) is 3.51. The number of piperidine rings is 2. The van der Waals surface area contributed by atoms with Crippen LogP contribution in [-0.2, 0) is 9.47 Å². The molecule has 0 N–H and O–H groups in total. The van der Waals surface area contributed by atoms with Crippen molar-refractivity contribution in [2.24, 2.45) is 5.92 Å². The SMILES string of the molecule is CC1CCN(c2ccc(C(=O)N3CCC4(CC3)OCCO4)nc2)CC1. The predicted octanol–water partition coefficient (Wildman–Crippen LogP) is 2.30. The van der Waals surface area contributed by atoms with Crippen LogP contribution in [0.4, 0.5) is 5.69 Å². The molecule has 3 saturated heterocycles. The highest BCUT2D eigenvalue weighted by Gasteiger charge is 2.41. The number of likely N-dealkylation sites (tertiary alicyclic amines) is 1. The third-order valence-electron chi connectivity index (χ3n) is 5.74. The minimum Gasteiger partial charge on any atom is -0.370 e. The average molecular weight is 345 g/mol. The first-order valence-electron chi connectivity index (χ1n) is 9.43. The van der Waals surface area contributed by atoms with Gasteiger partial charge in [0, 0.05) is 39.0 Å². The van der Waals surface area contributed by atoms with Gasteiger partial charge in [-0.25, -0.2) is 4.98 Å². The zero-order valence-electron chi connectivity index (χ0n) is 14.9. The highest BCUT2D eigenvalue weighted by atomic mass is 16.7. The molecule has 0 unspecified atom stereocenters. The molecule has 4 rings (SSSR count). The topological polar surface area (TPSA) is 54.9 Å². The lowest BCUT2D eigenvalue weighted by atomic mass is 9.99. The fourth-order valence-electron chi connectivity index (χ4n) is 3.96. The van der Waals surface area contributed by atoms with Crippen LogP contribution in [-0.4, -0.2) is 61.0 Å². The van der Waals surface area contributed by atoms with Gasteiger partial charge in [-0.3, -0.25) is 4.79 Å². The number of carbonyl (C=O) groups is 1. The smallest absolute Gasteiger partial charge is 0.272 e. The van der Waals surface area contributed by atoms with Crippen molar-refractivity contribution in [2.75, 3.05) is 44.3 Å². The molecule has 1 aromatic heterocycles. The van der Waals surface area contributed by atoms with Gasteiger partial charge in [0.2, 0.25) is 0 Å². The van der Waals surface area contributed by atoms with E-state index >= 15 is 0 Å². The van der Waals surface area contributed by atoms with Crippen LogP contribution in [0.3, 0.4) is 0 Å². The first-order chi connectivity index (χ1) is 12.2. The van der Waals surface area contributed by atoms with Crippen LogP contribution in [0.15, 0.2) is 18.3 Å². The molecular weight excluding hydrogens is 318 g/mol. The lowest BCUT2D eigenvalue weighted by Crippen LogP contribution is -2.47. The number of hydrogen-bond acceptors (Lipinski definition) is 5. The van der Waals surface area contributed by atoms with Crippen molar-refractivity contribution in [3.05, 3.63) is 24.0 Å². The van der Waals surface area contributed by atoms with E-state index in [-0.39, 0.29) is 5.91 Å². The van der Waals surface area contributed by atoms with E-state index in [0.717, 1.165) is 37.5 Å². The molecule has 6 nitrogen and oxygen atoms in total. The molecule has 3 aliphatic rings. The largest absolute Gasteiger partial charge is 0.370 e. The maximum absolute atomic E-state index is 12.7. The van der Waals surface area contributed by atoms with Crippen molar-refractivity contribution in [1.29, 1.82) is 0 Å². The normalized spacial score (nSPS) is 24.0. The van der Waals surface area contributed by atoms with E-state index in [1.54, 1.807) is 0 Å². The molecule has 4 heterocycles. The molecule has 3 fully saturated rings. The zero-order valence-corrected chi connectivity index (χ0v) is 14.9. The Balaban J connectivity index is 1.36. The van der Waals surface area contributed by atoms with Gasteiger partial charge in [-0.05, 0) is 30.9 Å². The summed E-state index contributed by atoms with van der Waals surface area (Å²) in [5.74, 6) is 0.367. The number of hydrogen-bond donors (Lipinski definition) is 0. The van der Waals surface area contributed by atoms with E-state index < -0.39 is 5.79 Å². The van der Waals surface area contributed by atoms with Crippen LogP contribution < -0.4 is 4.90 Å². The van der Waals surface area contributed by atoms with Crippen molar-refractivity contribution in [1.82, 2.24) is 9.88 Å². The molecule has 3 aliphatic heterocycles. The molecule has 1 aromatic rings. The molecule has 0 aliphatic carbocycles. The number of anilines is 1. The summed E-state index contributed by atoms with van der Waals surface area (Å²) in [6, 6.07) is 3.90. The first kappa shape index (κ1) is 16.8. The number of carbonyl (C=O) groups excluding carboxylic acids is 1. The van der Waals surface area contributed by atoms with E-state index in [1.807, 2.05) is 23.2 Å². The van der Waals surface area contributed by atoms with Crippen LogP contribution in [0.2, 0.25) is 0 Å². The van der Waals surface area contributed by atoms with E-state index in [0.29, 0.717) is 32.0 Å². The van der Waals surface area contributed by atoms with Gasteiger partial charge >= 0.3 is 0 Å². The van der Waals surface area contributed by atoms with Crippen LogP contribution >= 0.6 is 0 Å². The van der Waals surface area contributed by atoms with Crippen molar-refractivity contribution >= 4 is 11.6 Å². The third-order valence-corrected chi connectivity index (χ3v) is 5.74. The summed E-state index contributed by atoms with van der Waals surface area (Å²) in [6.45, 7) is 7.09. The Morgan fingerprint density at radius 2 is 1.80 bits per heavy atom. The van der Waals surface area contributed by atoms with Gasteiger partial charge in [0.25, 0.3) is 5.91 Å². The van der Waals surface area contributed by atoms with Gasteiger partial charge in [-0.2, -0.15) is 0 Å². The Hall–Kier alpha value is -1.66. The molecule has 1 amide bonds. The van der Waals surface area contributed by atoms with Gasteiger partial charge in [0.15, 0.2) is 5.79 Å². The van der Waals surface area contributed by atoms with Gasteiger partial charge in [-0.1, -0.05) is 6.92 Å². The Bertz CT molecular complexity index is 595. The van der Waals surface area contributed by atoms with Gasteiger partial charge in [0.05, 0.1) is 25.1 Å². The standard InChI is InChI=1S/C19H27N3O3/c1-15-4-8-21(9-5-15)16-2-3-17(20-14-16)18(23)22-10-6-19(7-11-22)24-12-13-25-19/h2-3,14-15H,4-13H2,1H3. The number of rotatable bonds is 2. The molecule has 1 spiro atoms. The van der Waals surface area contributed by atoms with Gasteiger partial charge in [-0.15, -0.1) is 0 Å². The Kier molecular flexibility index (Phi) is 4.65.